The second-order valence-electron chi connectivity index (χ2n) is 3.33. The van der Waals surface area contributed by atoms with Gasteiger partial charge in [-0.3, -0.25) is 10.4 Å². The largest absolute Gasteiger partial charge is 0.380 e. The van der Waals surface area contributed by atoms with E-state index in [-0.39, 0.29) is 5.84 Å². The predicted molar refractivity (Wildman–Crippen MR) is 73.6 cm³/mol. The second-order valence-corrected chi connectivity index (χ2v) is 3.73. The van der Waals surface area contributed by atoms with Gasteiger partial charge in [-0.05, 0) is 36.8 Å². The summed E-state index contributed by atoms with van der Waals surface area (Å²) in [4.78, 5) is 4.10. The lowest BCUT2D eigenvalue weighted by atomic mass is 10.2. The van der Waals surface area contributed by atoms with E-state index in [0.717, 1.165) is 5.56 Å². The lowest BCUT2D eigenvalue weighted by molar-refractivity contribution is 0.933. The van der Waals surface area contributed by atoms with Crippen molar-refractivity contribution in [3.05, 3.63) is 42.2 Å². The maximum absolute atomic E-state index is 5.76. The Labute approximate surface area is 106 Å². The summed E-state index contributed by atoms with van der Waals surface area (Å²) in [6.45, 7) is 6.10. The number of amidine groups is 1. The molecule has 0 bridgehead atoms. The Kier molecular flexibility index (Phi) is 5.09. The van der Waals surface area contributed by atoms with Crippen molar-refractivity contribution in [1.82, 2.24) is 15.7 Å². The van der Waals surface area contributed by atoms with Crippen molar-refractivity contribution in [3.63, 3.8) is 0 Å². The number of aryl methyl sites for hydroxylation is 1. The monoisotopic (exact) mass is 249 g/mol. The molecule has 0 saturated carbocycles. The summed E-state index contributed by atoms with van der Waals surface area (Å²) in [5.41, 5.74) is 10.1. The molecule has 1 aromatic heterocycles. The minimum Gasteiger partial charge on any atom is -0.380 e. The molecule has 0 radical (unpaired) electrons. The van der Waals surface area contributed by atoms with Gasteiger partial charge in [-0.25, -0.2) is 0 Å². The van der Waals surface area contributed by atoms with E-state index in [0.29, 0.717) is 17.4 Å². The van der Waals surface area contributed by atoms with Crippen LogP contribution < -0.4 is 16.5 Å². The van der Waals surface area contributed by atoms with Crippen LogP contribution in [0.3, 0.4) is 0 Å². The Morgan fingerprint density at radius 1 is 1.71 bits per heavy atom. The summed E-state index contributed by atoms with van der Waals surface area (Å²) in [7, 11) is 0. The maximum Gasteiger partial charge on any atom is 0.187 e. The van der Waals surface area contributed by atoms with Crippen LogP contribution in [0.25, 0.3) is 0 Å². The van der Waals surface area contributed by atoms with Crippen molar-refractivity contribution < 1.29 is 0 Å². The van der Waals surface area contributed by atoms with Crippen LogP contribution in [-0.2, 0) is 0 Å². The van der Waals surface area contributed by atoms with Gasteiger partial charge in [0.15, 0.2) is 10.9 Å². The molecule has 0 fully saturated rings. The van der Waals surface area contributed by atoms with Gasteiger partial charge in [0.25, 0.3) is 0 Å². The summed E-state index contributed by atoms with van der Waals surface area (Å²) in [6.07, 6.45) is 3.38. The lowest BCUT2D eigenvalue weighted by Gasteiger charge is -2.05. The first kappa shape index (κ1) is 13.1. The molecule has 1 aromatic rings. The fourth-order valence-electron chi connectivity index (χ4n) is 1.05. The number of nitrogens with one attached hydrogen (secondary N) is 2. The molecular weight excluding hydrogens is 234 g/mol. The van der Waals surface area contributed by atoms with Crippen LogP contribution in [0, 0.1) is 6.92 Å². The van der Waals surface area contributed by atoms with Gasteiger partial charge in [-0.2, -0.15) is 5.10 Å². The lowest BCUT2D eigenvalue weighted by Crippen LogP contribution is -2.33. The standard InChI is InChI=1S/C11H15N5S/c1-3-5-14-11(17)16-15-10(12)9-7-8(2)4-6-13-9/h3-4,6-7H,1,5H2,2H3,(H2,12,15)(H2,14,16,17). The zero-order valence-corrected chi connectivity index (χ0v) is 10.4. The molecule has 0 atom stereocenters. The SMILES string of the molecule is C=CCNC(=S)N/N=C(\N)c1cc(C)ccn1. The molecule has 0 spiro atoms. The van der Waals surface area contributed by atoms with Crippen LogP contribution in [-0.4, -0.2) is 22.5 Å². The van der Waals surface area contributed by atoms with Gasteiger partial charge in [0.05, 0.1) is 0 Å². The van der Waals surface area contributed by atoms with Gasteiger partial charge >= 0.3 is 0 Å². The van der Waals surface area contributed by atoms with Crippen molar-refractivity contribution >= 4 is 23.2 Å². The Bertz CT molecular complexity index is 441. The molecule has 6 heteroatoms. The van der Waals surface area contributed by atoms with Gasteiger partial charge in [0, 0.05) is 12.7 Å². The minimum absolute atomic E-state index is 0.288. The smallest absolute Gasteiger partial charge is 0.187 e. The summed E-state index contributed by atoms with van der Waals surface area (Å²) in [5.74, 6) is 0.288. The minimum atomic E-state index is 0.288. The molecule has 0 aliphatic rings. The van der Waals surface area contributed by atoms with Gasteiger partial charge in [0.1, 0.15) is 5.69 Å². The van der Waals surface area contributed by atoms with Crippen molar-refractivity contribution in [2.75, 3.05) is 6.54 Å². The first-order valence-corrected chi connectivity index (χ1v) is 5.45. The van der Waals surface area contributed by atoms with Gasteiger partial charge < -0.3 is 11.1 Å². The molecule has 0 amide bonds. The zero-order chi connectivity index (χ0) is 12.7. The molecule has 0 aliphatic carbocycles. The maximum atomic E-state index is 5.76. The third kappa shape index (κ3) is 4.60. The number of aromatic nitrogens is 1. The summed E-state index contributed by atoms with van der Waals surface area (Å²) < 4.78 is 0. The Balaban J connectivity index is 2.60. The molecule has 1 rings (SSSR count). The third-order valence-electron chi connectivity index (χ3n) is 1.86. The topological polar surface area (TPSA) is 75.3 Å². The first-order valence-electron chi connectivity index (χ1n) is 5.04. The molecule has 1 heterocycles. The number of pyridine rings is 1. The van der Waals surface area contributed by atoms with Crippen molar-refractivity contribution in [2.24, 2.45) is 10.8 Å². The van der Waals surface area contributed by atoms with E-state index in [1.54, 1.807) is 12.3 Å². The quantitative estimate of drug-likeness (QED) is 0.240. The number of nitrogens with zero attached hydrogens (tertiary/aromatic N) is 2. The molecule has 90 valence electrons. The highest BCUT2D eigenvalue weighted by Gasteiger charge is 2.00. The Morgan fingerprint density at radius 3 is 3.12 bits per heavy atom. The van der Waals surface area contributed by atoms with Crippen LogP contribution in [0.4, 0.5) is 0 Å². The van der Waals surface area contributed by atoms with E-state index in [4.69, 9.17) is 18.0 Å². The predicted octanol–water partition coefficient (Wildman–Crippen LogP) is 0.660. The normalized spacial score (nSPS) is 10.8. The van der Waals surface area contributed by atoms with Crippen LogP contribution in [0.2, 0.25) is 0 Å². The van der Waals surface area contributed by atoms with E-state index in [9.17, 15) is 0 Å². The fraction of sp³-hybridized carbons (Fsp3) is 0.182. The van der Waals surface area contributed by atoms with Gasteiger partial charge in [-0.1, -0.05) is 6.08 Å². The van der Waals surface area contributed by atoms with E-state index >= 15 is 0 Å². The number of hydrazone groups is 1. The highest BCUT2D eigenvalue weighted by molar-refractivity contribution is 7.80. The number of thiocarbonyl (C=S) groups is 1. The van der Waals surface area contributed by atoms with Gasteiger partial charge in [0.2, 0.25) is 0 Å². The number of hydrogen-bond donors (Lipinski definition) is 3. The van der Waals surface area contributed by atoms with E-state index in [2.05, 4.69) is 27.4 Å². The van der Waals surface area contributed by atoms with E-state index < -0.39 is 0 Å². The first-order chi connectivity index (χ1) is 8.13. The fourth-order valence-corrected chi connectivity index (χ4v) is 1.18. The van der Waals surface area contributed by atoms with Crippen LogP contribution in [0.1, 0.15) is 11.3 Å². The van der Waals surface area contributed by atoms with E-state index in [1.807, 2.05) is 19.1 Å². The van der Waals surface area contributed by atoms with Crippen LogP contribution >= 0.6 is 12.2 Å². The molecule has 0 aliphatic heterocycles. The number of rotatable bonds is 4. The molecular formula is C11H15N5S. The van der Waals surface area contributed by atoms with Crippen molar-refractivity contribution in [2.45, 2.75) is 6.92 Å². The van der Waals surface area contributed by atoms with E-state index in [1.165, 1.54) is 0 Å². The molecule has 4 N–H and O–H groups in total. The van der Waals surface area contributed by atoms with Crippen molar-refractivity contribution in [1.29, 1.82) is 0 Å². The van der Waals surface area contributed by atoms with Crippen LogP contribution in [0.15, 0.2) is 36.1 Å². The molecule has 5 nitrogen and oxygen atoms in total. The second kappa shape index (κ2) is 6.59. The summed E-state index contributed by atoms with van der Waals surface area (Å²) >= 11 is 4.96. The van der Waals surface area contributed by atoms with Crippen molar-refractivity contribution in [3.8, 4) is 0 Å². The molecule has 0 saturated heterocycles. The molecule has 17 heavy (non-hydrogen) atoms. The average molecular weight is 249 g/mol. The highest BCUT2D eigenvalue weighted by atomic mass is 32.1. The third-order valence-corrected chi connectivity index (χ3v) is 2.10. The Hall–Kier alpha value is -1.95. The molecule has 0 unspecified atom stereocenters. The van der Waals surface area contributed by atoms with Crippen LogP contribution in [0.5, 0.6) is 0 Å². The number of nitrogens with two attached hydrogens (primary N) is 1. The summed E-state index contributed by atoms with van der Waals surface area (Å²) in [6, 6.07) is 3.74. The number of hydrogen-bond acceptors (Lipinski definition) is 3. The van der Waals surface area contributed by atoms with Gasteiger partial charge in [-0.15, -0.1) is 6.58 Å². The molecule has 0 aromatic carbocycles. The summed E-state index contributed by atoms with van der Waals surface area (Å²) in [5, 5.41) is 7.19. The average Bonchev–Trinajstić information content (AvgIpc) is 2.33. The highest BCUT2D eigenvalue weighted by Crippen LogP contribution is 1.98. The Morgan fingerprint density at radius 2 is 2.47 bits per heavy atom. The zero-order valence-electron chi connectivity index (χ0n) is 9.60.